The van der Waals surface area contributed by atoms with Crippen LogP contribution in [0.15, 0.2) is 59.7 Å². The van der Waals surface area contributed by atoms with Gasteiger partial charge in [0, 0.05) is 11.7 Å². The summed E-state index contributed by atoms with van der Waals surface area (Å²) in [4.78, 5) is 11.9. The largest absolute Gasteiger partial charge is 0.484 e. The van der Waals surface area contributed by atoms with Crippen molar-refractivity contribution in [2.24, 2.45) is 5.10 Å². The summed E-state index contributed by atoms with van der Waals surface area (Å²) in [7, 11) is 0. The van der Waals surface area contributed by atoms with E-state index in [0.29, 0.717) is 10.9 Å². The molecule has 0 aromatic heterocycles. The number of thiocarbonyl (C=S) groups is 1. The number of benzene rings is 2. The van der Waals surface area contributed by atoms with E-state index in [1.165, 1.54) is 0 Å². The smallest absolute Gasteiger partial charge is 0.262 e. The molecule has 0 saturated heterocycles. The molecule has 0 aliphatic carbocycles. The molecule has 0 saturated carbocycles. The van der Waals surface area contributed by atoms with Crippen LogP contribution in [0.5, 0.6) is 5.75 Å². The Morgan fingerprint density at radius 3 is 2.41 bits per heavy atom. The quantitative estimate of drug-likeness (QED) is 0.388. The Morgan fingerprint density at radius 2 is 1.78 bits per heavy atom. The van der Waals surface area contributed by atoms with E-state index in [0.717, 1.165) is 17.0 Å². The van der Waals surface area contributed by atoms with E-state index in [2.05, 4.69) is 21.2 Å². The van der Waals surface area contributed by atoms with Crippen molar-refractivity contribution in [2.75, 3.05) is 11.9 Å². The maximum Gasteiger partial charge on any atom is 0.262 e. The second-order valence-electron chi connectivity index (χ2n) is 6.16. The molecule has 0 unspecified atom stereocenters. The molecule has 7 heteroatoms. The minimum Gasteiger partial charge on any atom is -0.484 e. The lowest BCUT2D eigenvalue weighted by molar-refractivity contribution is -0.118. The molecule has 142 valence electrons. The van der Waals surface area contributed by atoms with E-state index in [-0.39, 0.29) is 18.6 Å². The zero-order valence-electron chi connectivity index (χ0n) is 15.7. The second kappa shape index (κ2) is 10.3. The van der Waals surface area contributed by atoms with Gasteiger partial charge in [0.25, 0.3) is 5.91 Å². The summed E-state index contributed by atoms with van der Waals surface area (Å²) in [6.07, 6.45) is 0. The molecule has 2 rings (SSSR count). The van der Waals surface area contributed by atoms with Gasteiger partial charge in [-0.25, -0.2) is 0 Å². The molecule has 2 aromatic carbocycles. The summed E-state index contributed by atoms with van der Waals surface area (Å²) in [5, 5.41) is 10.6. The van der Waals surface area contributed by atoms with Gasteiger partial charge in [-0.1, -0.05) is 18.2 Å². The first-order valence-corrected chi connectivity index (χ1v) is 9.04. The van der Waals surface area contributed by atoms with Gasteiger partial charge in [-0.3, -0.25) is 10.2 Å². The zero-order valence-corrected chi connectivity index (χ0v) is 16.5. The van der Waals surface area contributed by atoms with E-state index < -0.39 is 0 Å². The number of hydrogen-bond donors (Lipinski definition) is 3. The SMILES string of the molecule is C/C(=N/NC(=S)NC(C)C)c1ccc(OCC(=O)Nc2ccccc2)cc1. The lowest BCUT2D eigenvalue weighted by Crippen LogP contribution is -2.37. The standard InChI is InChI=1S/C20H24N4O2S/c1-14(2)21-20(27)24-23-15(3)16-9-11-18(12-10-16)26-13-19(25)22-17-7-5-4-6-8-17/h4-12,14H,13H2,1-3H3,(H,22,25)(H2,21,24,27)/b23-15-. The topological polar surface area (TPSA) is 74.8 Å². The maximum atomic E-state index is 11.9. The van der Waals surface area contributed by atoms with Crippen LogP contribution in [0, 0.1) is 0 Å². The molecule has 0 heterocycles. The molecule has 0 atom stereocenters. The predicted molar refractivity (Wildman–Crippen MR) is 113 cm³/mol. The highest BCUT2D eigenvalue weighted by Gasteiger charge is 2.05. The predicted octanol–water partition coefficient (Wildman–Crippen LogP) is 3.30. The summed E-state index contributed by atoms with van der Waals surface area (Å²) >= 11 is 5.14. The highest BCUT2D eigenvalue weighted by Crippen LogP contribution is 2.13. The minimum atomic E-state index is -0.210. The van der Waals surface area contributed by atoms with E-state index in [4.69, 9.17) is 17.0 Å². The summed E-state index contributed by atoms with van der Waals surface area (Å²) in [6.45, 7) is 5.83. The Morgan fingerprint density at radius 1 is 1.11 bits per heavy atom. The molecular formula is C20H24N4O2S. The fourth-order valence-corrected chi connectivity index (χ4v) is 2.43. The van der Waals surface area contributed by atoms with Crippen LogP contribution in [0.3, 0.4) is 0 Å². The lowest BCUT2D eigenvalue weighted by atomic mass is 10.1. The molecule has 0 bridgehead atoms. The van der Waals surface area contributed by atoms with Crippen molar-refractivity contribution in [3.63, 3.8) is 0 Å². The Kier molecular flexibility index (Phi) is 7.76. The summed E-state index contributed by atoms with van der Waals surface area (Å²) in [5.74, 6) is 0.401. The van der Waals surface area contributed by atoms with E-state index in [1.807, 2.05) is 63.2 Å². The number of hydrazone groups is 1. The van der Waals surface area contributed by atoms with Crippen LogP contribution < -0.4 is 20.8 Å². The fraction of sp³-hybridized carbons (Fsp3) is 0.250. The van der Waals surface area contributed by atoms with Crippen LogP contribution in [0.4, 0.5) is 5.69 Å². The van der Waals surface area contributed by atoms with E-state index >= 15 is 0 Å². The van der Waals surface area contributed by atoms with Crippen molar-refractivity contribution < 1.29 is 9.53 Å². The number of rotatable bonds is 7. The second-order valence-corrected chi connectivity index (χ2v) is 6.57. The number of nitrogens with one attached hydrogen (secondary N) is 3. The van der Waals surface area contributed by atoms with Crippen LogP contribution in [-0.2, 0) is 4.79 Å². The van der Waals surface area contributed by atoms with Crippen LogP contribution in [0.1, 0.15) is 26.3 Å². The summed E-state index contributed by atoms with van der Waals surface area (Å²) < 4.78 is 5.52. The molecule has 1 amide bonds. The maximum absolute atomic E-state index is 11.9. The van der Waals surface area contributed by atoms with Gasteiger partial charge in [-0.15, -0.1) is 0 Å². The van der Waals surface area contributed by atoms with Gasteiger partial charge in [0.05, 0.1) is 5.71 Å². The van der Waals surface area contributed by atoms with Gasteiger partial charge in [-0.2, -0.15) is 5.10 Å². The number of nitrogens with zero attached hydrogens (tertiary/aromatic N) is 1. The Balaban J connectivity index is 1.83. The first kappa shape index (κ1) is 20.4. The minimum absolute atomic E-state index is 0.0575. The molecular weight excluding hydrogens is 360 g/mol. The van der Waals surface area contributed by atoms with Crippen molar-refractivity contribution in [1.82, 2.24) is 10.7 Å². The number of hydrogen-bond acceptors (Lipinski definition) is 4. The van der Waals surface area contributed by atoms with E-state index in [1.54, 1.807) is 12.1 Å². The Bertz CT molecular complexity index is 789. The number of anilines is 1. The first-order chi connectivity index (χ1) is 12.9. The third-order valence-electron chi connectivity index (χ3n) is 3.44. The van der Waals surface area contributed by atoms with Crippen LogP contribution >= 0.6 is 12.2 Å². The number of ether oxygens (including phenoxy) is 1. The summed E-state index contributed by atoms with van der Waals surface area (Å²) in [6, 6.07) is 16.9. The number of carbonyl (C=O) groups excluding carboxylic acids is 1. The molecule has 0 radical (unpaired) electrons. The monoisotopic (exact) mass is 384 g/mol. The molecule has 0 aliphatic heterocycles. The van der Waals surface area contributed by atoms with Crippen molar-refractivity contribution in [2.45, 2.75) is 26.8 Å². The fourth-order valence-electron chi connectivity index (χ4n) is 2.15. The number of para-hydroxylation sites is 1. The van der Waals surface area contributed by atoms with Gasteiger partial charge in [0.1, 0.15) is 5.75 Å². The Hall–Kier alpha value is -2.93. The van der Waals surface area contributed by atoms with Crippen molar-refractivity contribution in [3.8, 4) is 5.75 Å². The average molecular weight is 385 g/mol. The zero-order chi connectivity index (χ0) is 19.6. The molecule has 3 N–H and O–H groups in total. The number of amides is 1. The van der Waals surface area contributed by atoms with Gasteiger partial charge in [-0.05, 0) is 75.0 Å². The molecule has 0 spiro atoms. The first-order valence-electron chi connectivity index (χ1n) is 8.63. The molecule has 0 aliphatic rings. The molecule has 2 aromatic rings. The van der Waals surface area contributed by atoms with Crippen LogP contribution in [0.25, 0.3) is 0 Å². The Labute approximate surface area is 165 Å². The summed E-state index contributed by atoms with van der Waals surface area (Å²) in [5.41, 5.74) is 5.27. The molecule has 0 fully saturated rings. The van der Waals surface area contributed by atoms with Crippen molar-refractivity contribution >= 4 is 34.6 Å². The van der Waals surface area contributed by atoms with Crippen LogP contribution in [0.2, 0.25) is 0 Å². The van der Waals surface area contributed by atoms with Gasteiger partial charge >= 0.3 is 0 Å². The number of carbonyl (C=O) groups is 1. The van der Waals surface area contributed by atoms with E-state index in [9.17, 15) is 4.79 Å². The highest BCUT2D eigenvalue weighted by molar-refractivity contribution is 7.80. The lowest BCUT2D eigenvalue weighted by Gasteiger charge is -2.11. The third kappa shape index (κ3) is 7.45. The highest BCUT2D eigenvalue weighted by atomic mass is 32.1. The molecule has 6 nitrogen and oxygen atoms in total. The normalized spacial score (nSPS) is 11.0. The van der Waals surface area contributed by atoms with Gasteiger partial charge in [0.15, 0.2) is 11.7 Å². The average Bonchev–Trinajstić information content (AvgIpc) is 2.65. The van der Waals surface area contributed by atoms with Gasteiger partial charge < -0.3 is 15.4 Å². The third-order valence-corrected chi connectivity index (χ3v) is 3.65. The van der Waals surface area contributed by atoms with Crippen molar-refractivity contribution in [3.05, 3.63) is 60.2 Å². The van der Waals surface area contributed by atoms with Crippen molar-refractivity contribution in [1.29, 1.82) is 0 Å². The van der Waals surface area contributed by atoms with Gasteiger partial charge in [0.2, 0.25) is 0 Å². The van der Waals surface area contributed by atoms with Crippen LogP contribution in [-0.4, -0.2) is 29.4 Å². The molecule has 27 heavy (non-hydrogen) atoms.